The molecule has 4 rings (SSSR count). The summed E-state index contributed by atoms with van der Waals surface area (Å²) in [5.74, 6) is -0.0948. The van der Waals surface area contributed by atoms with Crippen LogP contribution in [0.4, 0.5) is 5.69 Å². The number of benzene rings is 2. The molecule has 0 saturated carbocycles. The average Bonchev–Trinajstić information content (AvgIpc) is 2.68. The van der Waals surface area contributed by atoms with Crippen molar-refractivity contribution in [2.45, 2.75) is 31.9 Å². The number of rotatable bonds is 3. The maximum atomic E-state index is 12.9. The van der Waals surface area contributed by atoms with Gasteiger partial charge in [0.05, 0.1) is 12.0 Å². The Morgan fingerprint density at radius 3 is 2.88 bits per heavy atom. The minimum atomic E-state index is -0.158. The van der Waals surface area contributed by atoms with Crippen molar-refractivity contribution in [2.75, 3.05) is 18.5 Å². The number of carbonyl (C=O) groups is 1. The molecule has 0 radical (unpaired) electrons. The van der Waals surface area contributed by atoms with Crippen molar-refractivity contribution in [3.63, 3.8) is 0 Å². The molecule has 2 N–H and O–H groups in total. The zero-order valence-electron chi connectivity index (χ0n) is 14.3. The summed E-state index contributed by atoms with van der Waals surface area (Å²) in [4.78, 5) is 12.9. The molecule has 2 aliphatic heterocycles. The highest BCUT2D eigenvalue weighted by Gasteiger charge is 2.33. The molecule has 1 saturated heterocycles. The molecule has 2 aliphatic rings. The van der Waals surface area contributed by atoms with Crippen LogP contribution in [-0.2, 0) is 22.5 Å². The largest absolute Gasteiger partial charge is 0.373 e. The van der Waals surface area contributed by atoms with Crippen molar-refractivity contribution >= 4 is 11.6 Å². The maximum Gasteiger partial charge on any atom is 0.230 e. The molecule has 2 aromatic carbocycles. The highest BCUT2D eigenvalue weighted by molar-refractivity contribution is 5.93. The van der Waals surface area contributed by atoms with Crippen molar-refractivity contribution < 1.29 is 9.53 Å². The summed E-state index contributed by atoms with van der Waals surface area (Å²) in [7, 11) is 0. The number of carbonyl (C=O) groups excluding carboxylic acids is 1. The lowest BCUT2D eigenvalue weighted by molar-refractivity contribution is -0.129. The number of fused-ring (bicyclic) bond motifs is 1. The van der Waals surface area contributed by atoms with Gasteiger partial charge in [0.25, 0.3) is 0 Å². The van der Waals surface area contributed by atoms with Gasteiger partial charge >= 0.3 is 0 Å². The van der Waals surface area contributed by atoms with Crippen LogP contribution in [0.5, 0.6) is 0 Å². The molecule has 0 aromatic heterocycles. The van der Waals surface area contributed by atoms with Gasteiger partial charge in [-0.25, -0.2) is 0 Å². The smallest absolute Gasteiger partial charge is 0.230 e. The molecule has 1 fully saturated rings. The van der Waals surface area contributed by atoms with Crippen LogP contribution in [0.1, 0.15) is 35.6 Å². The lowest BCUT2D eigenvalue weighted by atomic mass is 9.88. The lowest BCUT2D eigenvalue weighted by Gasteiger charge is -2.31. The van der Waals surface area contributed by atoms with Crippen molar-refractivity contribution in [3.05, 3.63) is 65.2 Å². The van der Waals surface area contributed by atoms with Gasteiger partial charge in [-0.1, -0.05) is 36.4 Å². The van der Waals surface area contributed by atoms with Crippen molar-refractivity contribution in [3.8, 4) is 0 Å². The Morgan fingerprint density at radius 2 is 2.00 bits per heavy atom. The van der Waals surface area contributed by atoms with E-state index in [2.05, 4.69) is 22.8 Å². The normalized spacial score (nSPS) is 22.9. The molecule has 130 valence electrons. The Balaban J connectivity index is 1.51. The van der Waals surface area contributed by atoms with Crippen LogP contribution in [-0.4, -0.2) is 19.1 Å². The zero-order valence-corrected chi connectivity index (χ0v) is 14.3. The van der Waals surface area contributed by atoms with Gasteiger partial charge in [-0.3, -0.25) is 4.79 Å². The van der Waals surface area contributed by atoms with E-state index in [1.54, 1.807) is 0 Å². The van der Waals surface area contributed by atoms with E-state index in [4.69, 9.17) is 4.74 Å². The Kier molecular flexibility index (Phi) is 4.81. The third kappa shape index (κ3) is 3.60. The monoisotopic (exact) mass is 336 g/mol. The minimum Gasteiger partial charge on any atom is -0.373 e. The molecule has 2 unspecified atom stereocenters. The number of hydrogen-bond donors (Lipinski definition) is 2. The van der Waals surface area contributed by atoms with Crippen molar-refractivity contribution in [2.24, 2.45) is 5.92 Å². The van der Waals surface area contributed by atoms with Gasteiger partial charge in [0.2, 0.25) is 5.91 Å². The molecule has 1 amide bonds. The molecule has 0 spiro atoms. The first kappa shape index (κ1) is 16.3. The minimum absolute atomic E-state index is 0.0530. The summed E-state index contributed by atoms with van der Waals surface area (Å²) in [5.41, 5.74) is 4.62. The van der Waals surface area contributed by atoms with E-state index in [1.807, 2.05) is 36.4 Å². The zero-order chi connectivity index (χ0) is 17.1. The first-order valence-corrected chi connectivity index (χ1v) is 9.11. The van der Waals surface area contributed by atoms with E-state index in [0.717, 1.165) is 43.6 Å². The third-order valence-corrected chi connectivity index (χ3v) is 5.15. The van der Waals surface area contributed by atoms with E-state index in [-0.39, 0.29) is 17.9 Å². The molecule has 2 aromatic rings. The summed E-state index contributed by atoms with van der Waals surface area (Å²) in [6.07, 6.45) is 2.68. The molecule has 2 heterocycles. The average molecular weight is 336 g/mol. The predicted molar refractivity (Wildman–Crippen MR) is 98.3 cm³/mol. The second-order valence-electron chi connectivity index (χ2n) is 6.85. The molecular weight excluding hydrogens is 312 g/mol. The second kappa shape index (κ2) is 7.38. The number of amides is 1. The fraction of sp³-hybridized carbons (Fsp3) is 0.381. The molecular formula is C21H24N2O2. The van der Waals surface area contributed by atoms with Gasteiger partial charge in [-0.15, -0.1) is 0 Å². The van der Waals surface area contributed by atoms with Crippen LogP contribution in [0, 0.1) is 5.92 Å². The van der Waals surface area contributed by atoms with Crippen molar-refractivity contribution in [1.29, 1.82) is 0 Å². The maximum absolute atomic E-state index is 12.9. The van der Waals surface area contributed by atoms with E-state index in [9.17, 15) is 4.79 Å². The number of ether oxygens (including phenoxy) is 1. The Morgan fingerprint density at radius 1 is 1.12 bits per heavy atom. The molecule has 4 heteroatoms. The topological polar surface area (TPSA) is 50.4 Å². The summed E-state index contributed by atoms with van der Waals surface area (Å²) in [6.45, 7) is 2.61. The first-order valence-electron chi connectivity index (χ1n) is 9.11. The summed E-state index contributed by atoms with van der Waals surface area (Å²) in [5, 5.41) is 6.50. The fourth-order valence-corrected chi connectivity index (χ4v) is 3.81. The van der Waals surface area contributed by atoms with Crippen LogP contribution in [0.15, 0.2) is 48.5 Å². The van der Waals surface area contributed by atoms with Crippen LogP contribution >= 0.6 is 0 Å². The molecule has 2 atom stereocenters. The third-order valence-electron chi connectivity index (χ3n) is 5.15. The molecule has 4 nitrogen and oxygen atoms in total. The second-order valence-corrected chi connectivity index (χ2v) is 6.85. The van der Waals surface area contributed by atoms with Crippen LogP contribution in [0.3, 0.4) is 0 Å². The van der Waals surface area contributed by atoms with Crippen LogP contribution in [0.2, 0.25) is 0 Å². The number of anilines is 1. The van der Waals surface area contributed by atoms with Gasteiger partial charge < -0.3 is 15.4 Å². The van der Waals surface area contributed by atoms with Gasteiger partial charge in [-0.2, -0.15) is 0 Å². The van der Waals surface area contributed by atoms with Gasteiger partial charge in [-0.05, 0) is 54.6 Å². The lowest BCUT2D eigenvalue weighted by Crippen LogP contribution is -2.33. The molecule has 0 bridgehead atoms. The SMILES string of the molecule is O=C(Nc1ccc2c(c1)CNCC2)C1CCCOC1c1ccccc1. The highest BCUT2D eigenvalue weighted by Crippen LogP contribution is 2.34. The Hall–Kier alpha value is -2.17. The highest BCUT2D eigenvalue weighted by atomic mass is 16.5. The van der Waals surface area contributed by atoms with Gasteiger partial charge in [0.15, 0.2) is 0 Å². The van der Waals surface area contributed by atoms with Gasteiger partial charge in [0.1, 0.15) is 0 Å². The Labute approximate surface area is 148 Å². The molecule has 25 heavy (non-hydrogen) atoms. The first-order chi connectivity index (χ1) is 12.3. The van der Waals surface area contributed by atoms with Gasteiger partial charge in [0, 0.05) is 18.8 Å². The number of hydrogen-bond acceptors (Lipinski definition) is 3. The van der Waals surface area contributed by atoms with Crippen molar-refractivity contribution in [1.82, 2.24) is 5.32 Å². The fourth-order valence-electron chi connectivity index (χ4n) is 3.81. The van der Waals surface area contributed by atoms with E-state index in [0.29, 0.717) is 6.61 Å². The summed E-state index contributed by atoms with van der Waals surface area (Å²) < 4.78 is 5.96. The summed E-state index contributed by atoms with van der Waals surface area (Å²) in [6, 6.07) is 16.3. The van der Waals surface area contributed by atoms with E-state index < -0.39 is 0 Å². The predicted octanol–water partition coefficient (Wildman–Crippen LogP) is 3.44. The summed E-state index contributed by atoms with van der Waals surface area (Å²) >= 11 is 0. The number of nitrogens with one attached hydrogen (secondary N) is 2. The van der Waals surface area contributed by atoms with E-state index >= 15 is 0 Å². The van der Waals surface area contributed by atoms with Crippen LogP contribution < -0.4 is 10.6 Å². The molecule has 0 aliphatic carbocycles. The Bertz CT molecular complexity index is 745. The van der Waals surface area contributed by atoms with E-state index in [1.165, 1.54) is 11.1 Å². The standard InChI is InChI=1S/C21H24N2O2/c24-21(23-18-9-8-15-10-11-22-14-17(15)13-18)19-7-4-12-25-20(19)16-5-2-1-3-6-16/h1-3,5-6,8-9,13,19-20,22H,4,7,10-12,14H2,(H,23,24). The quantitative estimate of drug-likeness (QED) is 0.903. The van der Waals surface area contributed by atoms with Crippen LogP contribution in [0.25, 0.3) is 0 Å².